The first-order valence-corrected chi connectivity index (χ1v) is 11.2. The van der Waals surface area contributed by atoms with E-state index in [1.165, 1.54) is 31.9 Å². The third-order valence-electron chi connectivity index (χ3n) is 6.34. The van der Waals surface area contributed by atoms with E-state index in [4.69, 9.17) is 10.5 Å². The van der Waals surface area contributed by atoms with Gasteiger partial charge in [-0.2, -0.15) is 0 Å². The van der Waals surface area contributed by atoms with Crippen LogP contribution in [0.3, 0.4) is 0 Å². The molecule has 1 saturated carbocycles. The highest BCUT2D eigenvalue weighted by Crippen LogP contribution is 2.43. The number of carbonyl (C=O) groups excluding carboxylic acids is 3. The SMILES string of the molecule is COC(=O)C(N)COC(=O)c1ccc2c(C3CCCCC3)c(-c3ccccc3C=O)[nH]c2c1. The minimum absolute atomic E-state index is 0.264. The van der Waals surface area contributed by atoms with Crippen molar-refractivity contribution in [3.05, 3.63) is 59.2 Å². The van der Waals surface area contributed by atoms with Gasteiger partial charge in [-0.25, -0.2) is 4.79 Å². The van der Waals surface area contributed by atoms with E-state index in [0.717, 1.165) is 41.3 Å². The lowest BCUT2D eigenvalue weighted by atomic mass is 9.81. The number of carbonyl (C=O) groups is 3. The summed E-state index contributed by atoms with van der Waals surface area (Å²) in [6.07, 6.45) is 6.66. The number of methoxy groups -OCH3 is 1. The molecule has 1 aliphatic rings. The molecule has 0 radical (unpaired) electrons. The number of rotatable bonds is 7. The van der Waals surface area contributed by atoms with Gasteiger partial charge >= 0.3 is 11.9 Å². The van der Waals surface area contributed by atoms with Gasteiger partial charge in [-0.05, 0) is 36.5 Å². The quantitative estimate of drug-likeness (QED) is 0.411. The van der Waals surface area contributed by atoms with Crippen molar-refractivity contribution >= 4 is 29.1 Å². The molecule has 3 N–H and O–H groups in total. The van der Waals surface area contributed by atoms with Crippen LogP contribution in [0.15, 0.2) is 42.5 Å². The molecule has 2 aromatic carbocycles. The molecule has 1 aliphatic carbocycles. The van der Waals surface area contributed by atoms with E-state index in [1.807, 2.05) is 30.3 Å². The smallest absolute Gasteiger partial charge is 0.338 e. The summed E-state index contributed by atoms with van der Waals surface area (Å²) < 4.78 is 9.77. The van der Waals surface area contributed by atoms with Gasteiger partial charge in [0.15, 0.2) is 6.29 Å². The Morgan fingerprint density at radius 3 is 2.64 bits per heavy atom. The number of hydrogen-bond donors (Lipinski definition) is 2. The van der Waals surface area contributed by atoms with Crippen molar-refractivity contribution < 1.29 is 23.9 Å². The third kappa shape index (κ3) is 4.68. The first-order valence-electron chi connectivity index (χ1n) is 11.2. The van der Waals surface area contributed by atoms with Crippen LogP contribution >= 0.6 is 0 Å². The summed E-state index contributed by atoms with van der Waals surface area (Å²) in [5.41, 5.74) is 10.4. The summed E-state index contributed by atoms with van der Waals surface area (Å²) >= 11 is 0. The van der Waals surface area contributed by atoms with Crippen molar-refractivity contribution in [1.29, 1.82) is 0 Å². The number of aromatic amines is 1. The van der Waals surface area contributed by atoms with E-state index in [0.29, 0.717) is 17.0 Å². The topological polar surface area (TPSA) is 111 Å². The van der Waals surface area contributed by atoms with E-state index in [2.05, 4.69) is 9.72 Å². The van der Waals surface area contributed by atoms with Gasteiger partial charge in [-0.3, -0.25) is 9.59 Å². The van der Waals surface area contributed by atoms with Crippen molar-refractivity contribution in [2.75, 3.05) is 13.7 Å². The van der Waals surface area contributed by atoms with Crippen LogP contribution in [0, 0.1) is 0 Å². The second-order valence-corrected chi connectivity index (χ2v) is 8.44. The van der Waals surface area contributed by atoms with Crippen LogP contribution in [0.4, 0.5) is 0 Å². The number of nitrogens with one attached hydrogen (secondary N) is 1. The molecule has 172 valence electrons. The summed E-state index contributed by atoms with van der Waals surface area (Å²) in [4.78, 5) is 39.2. The van der Waals surface area contributed by atoms with Gasteiger partial charge in [-0.1, -0.05) is 49.6 Å². The Morgan fingerprint density at radius 1 is 1.15 bits per heavy atom. The fourth-order valence-corrected chi connectivity index (χ4v) is 4.67. The molecule has 1 aromatic heterocycles. The lowest BCUT2D eigenvalue weighted by Crippen LogP contribution is -2.36. The zero-order valence-electron chi connectivity index (χ0n) is 18.6. The molecule has 7 nitrogen and oxygen atoms in total. The lowest BCUT2D eigenvalue weighted by molar-refractivity contribution is -0.143. The molecule has 0 bridgehead atoms. The van der Waals surface area contributed by atoms with Crippen molar-refractivity contribution in [3.63, 3.8) is 0 Å². The highest BCUT2D eigenvalue weighted by atomic mass is 16.5. The van der Waals surface area contributed by atoms with Gasteiger partial charge in [0.25, 0.3) is 0 Å². The van der Waals surface area contributed by atoms with Crippen LogP contribution < -0.4 is 5.73 Å². The first-order chi connectivity index (χ1) is 16.0. The molecule has 1 heterocycles. The number of aldehydes is 1. The Hall–Kier alpha value is -3.45. The van der Waals surface area contributed by atoms with E-state index in [9.17, 15) is 14.4 Å². The largest absolute Gasteiger partial charge is 0.468 e. The third-order valence-corrected chi connectivity index (χ3v) is 6.34. The van der Waals surface area contributed by atoms with Crippen LogP contribution in [0.2, 0.25) is 0 Å². The summed E-state index contributed by atoms with van der Waals surface area (Å²) in [6.45, 7) is -0.264. The Labute approximate surface area is 192 Å². The second kappa shape index (κ2) is 10.0. The molecule has 33 heavy (non-hydrogen) atoms. The van der Waals surface area contributed by atoms with Gasteiger partial charge in [0.2, 0.25) is 0 Å². The minimum atomic E-state index is -1.03. The monoisotopic (exact) mass is 448 g/mol. The molecule has 1 fully saturated rings. The maximum Gasteiger partial charge on any atom is 0.338 e. The van der Waals surface area contributed by atoms with E-state index in [1.54, 1.807) is 12.1 Å². The average Bonchev–Trinajstić information content (AvgIpc) is 3.25. The normalized spacial score (nSPS) is 15.2. The average molecular weight is 449 g/mol. The number of ether oxygens (including phenoxy) is 2. The summed E-state index contributed by atoms with van der Waals surface area (Å²) in [5, 5.41) is 1.04. The molecular formula is C26H28N2O5. The van der Waals surface area contributed by atoms with Crippen molar-refractivity contribution in [2.24, 2.45) is 5.73 Å². The van der Waals surface area contributed by atoms with Crippen molar-refractivity contribution in [1.82, 2.24) is 4.98 Å². The van der Waals surface area contributed by atoms with Gasteiger partial charge in [-0.15, -0.1) is 0 Å². The summed E-state index contributed by atoms with van der Waals surface area (Å²) in [5.74, 6) is -0.823. The zero-order chi connectivity index (χ0) is 23.4. The predicted molar refractivity (Wildman–Crippen MR) is 125 cm³/mol. The van der Waals surface area contributed by atoms with Gasteiger partial charge < -0.3 is 20.2 Å². The molecule has 1 atom stereocenters. The lowest BCUT2D eigenvalue weighted by Gasteiger charge is -2.23. The molecule has 0 saturated heterocycles. The maximum absolute atomic E-state index is 12.6. The van der Waals surface area contributed by atoms with Crippen LogP contribution in [0.1, 0.15) is 64.3 Å². The van der Waals surface area contributed by atoms with Crippen LogP contribution in [0.25, 0.3) is 22.2 Å². The second-order valence-electron chi connectivity index (χ2n) is 8.44. The maximum atomic E-state index is 12.6. The molecule has 3 aromatic rings. The van der Waals surface area contributed by atoms with Gasteiger partial charge in [0, 0.05) is 22.0 Å². The number of fused-ring (bicyclic) bond motifs is 1. The number of hydrogen-bond acceptors (Lipinski definition) is 6. The van der Waals surface area contributed by atoms with Gasteiger partial charge in [0.05, 0.1) is 18.4 Å². The standard InChI is InChI=1S/C26H28N2O5/c1-32-26(31)21(27)15-33-25(30)17-11-12-20-22(13-17)28-24(19-10-6-5-9-18(19)14-29)23(20)16-7-3-2-4-8-16/h5-6,9-14,16,21,28H,2-4,7-8,15,27H2,1H3. The number of nitrogens with two attached hydrogens (primary N) is 1. The fourth-order valence-electron chi connectivity index (χ4n) is 4.67. The fraction of sp³-hybridized carbons (Fsp3) is 0.346. The number of H-pyrrole nitrogens is 1. The van der Waals surface area contributed by atoms with Crippen molar-refractivity contribution in [3.8, 4) is 11.3 Å². The van der Waals surface area contributed by atoms with E-state index >= 15 is 0 Å². The molecule has 0 spiro atoms. The number of esters is 2. The Bertz CT molecular complexity index is 1180. The molecule has 0 aliphatic heterocycles. The van der Waals surface area contributed by atoms with Gasteiger partial charge in [0.1, 0.15) is 12.6 Å². The van der Waals surface area contributed by atoms with Crippen LogP contribution in [-0.4, -0.2) is 43.0 Å². The van der Waals surface area contributed by atoms with Crippen LogP contribution in [-0.2, 0) is 14.3 Å². The first kappa shape index (κ1) is 22.7. The molecule has 4 rings (SSSR count). The van der Waals surface area contributed by atoms with E-state index in [-0.39, 0.29) is 6.61 Å². The highest BCUT2D eigenvalue weighted by Gasteiger charge is 2.25. The molecule has 1 unspecified atom stereocenters. The predicted octanol–water partition coefficient (Wildman–Crippen LogP) is 4.35. The van der Waals surface area contributed by atoms with Crippen LogP contribution in [0.5, 0.6) is 0 Å². The molecular weight excluding hydrogens is 420 g/mol. The van der Waals surface area contributed by atoms with E-state index < -0.39 is 18.0 Å². The zero-order valence-corrected chi connectivity index (χ0v) is 18.6. The number of benzene rings is 2. The Balaban J connectivity index is 1.72. The summed E-state index contributed by atoms with van der Waals surface area (Å²) in [7, 11) is 1.23. The summed E-state index contributed by atoms with van der Waals surface area (Å²) in [6, 6.07) is 11.9. The Morgan fingerprint density at radius 2 is 1.91 bits per heavy atom. The van der Waals surface area contributed by atoms with Crippen molar-refractivity contribution in [2.45, 2.75) is 44.1 Å². The molecule has 0 amide bonds. The minimum Gasteiger partial charge on any atom is -0.468 e. The number of aromatic nitrogens is 1. The molecule has 7 heteroatoms. The highest BCUT2D eigenvalue weighted by molar-refractivity contribution is 5.99. The Kier molecular flexibility index (Phi) is 6.89.